The summed E-state index contributed by atoms with van der Waals surface area (Å²) >= 11 is 0. The summed E-state index contributed by atoms with van der Waals surface area (Å²) < 4.78 is 0. The number of carbonyl (C=O) groups is 1. The predicted molar refractivity (Wildman–Crippen MR) is 43.3 cm³/mol. The van der Waals surface area contributed by atoms with Crippen molar-refractivity contribution in [2.24, 2.45) is 10.5 Å². The fourth-order valence-electron chi connectivity index (χ4n) is 1.58. The van der Waals surface area contributed by atoms with Crippen LogP contribution in [0.4, 0.5) is 4.79 Å². The summed E-state index contributed by atoms with van der Waals surface area (Å²) in [5.41, 5.74) is 5.92. The third-order valence-electron chi connectivity index (χ3n) is 2.51. The first kappa shape index (κ1) is 10.6. The maximum absolute atomic E-state index is 10.5. The van der Waals surface area contributed by atoms with Crippen molar-refractivity contribution in [3.63, 3.8) is 0 Å². The maximum atomic E-state index is 10.5. The van der Waals surface area contributed by atoms with Gasteiger partial charge in [0, 0.05) is 18.5 Å². The third kappa shape index (κ3) is 2.07. The molecule has 0 spiro atoms. The second-order valence-corrected chi connectivity index (χ2v) is 3.50. The largest absolute Gasteiger partial charge is 0.530 e. The lowest BCUT2D eigenvalue weighted by atomic mass is 9.88. The second-order valence-electron chi connectivity index (χ2n) is 3.50. The molecule has 2 N–H and O–H groups in total. The van der Waals surface area contributed by atoms with Gasteiger partial charge in [0.1, 0.15) is 23.3 Å². The summed E-state index contributed by atoms with van der Waals surface area (Å²) in [5, 5.41) is 23.1. The monoisotopic (exact) mass is 200 g/mol. The molecule has 1 saturated heterocycles. The molecule has 1 aliphatic heterocycles. The number of hydrogen-bond donors (Lipinski definition) is 2. The lowest BCUT2D eigenvalue weighted by Crippen LogP contribution is -2.42. The average molecular weight is 200 g/mol. The molecule has 1 unspecified atom stereocenters. The highest BCUT2D eigenvalue weighted by Crippen LogP contribution is 2.29. The minimum Gasteiger partial charge on any atom is -0.530 e. The number of likely N-dealkylation sites (tertiary alicyclic amines) is 1. The summed E-state index contributed by atoms with van der Waals surface area (Å²) in [6.45, 7) is 0.563. The van der Waals surface area contributed by atoms with Gasteiger partial charge in [-0.3, -0.25) is 0 Å². The molecule has 0 aromatic rings. The van der Waals surface area contributed by atoms with Crippen molar-refractivity contribution in [3.05, 3.63) is 0 Å². The Labute approximate surface area is 80.6 Å². The molecule has 7 heteroatoms. The third-order valence-corrected chi connectivity index (χ3v) is 2.51. The summed E-state index contributed by atoms with van der Waals surface area (Å²) in [7, 11) is 0. The van der Waals surface area contributed by atoms with E-state index in [1.54, 1.807) is 0 Å². The van der Waals surface area contributed by atoms with Gasteiger partial charge in [-0.05, 0) is 6.42 Å². The number of aliphatic hydroxyl groups excluding tert-OH is 1. The van der Waals surface area contributed by atoms with Gasteiger partial charge >= 0.3 is 0 Å². The Morgan fingerprint density at radius 3 is 2.93 bits per heavy atom. The van der Waals surface area contributed by atoms with Crippen molar-refractivity contribution in [1.29, 1.82) is 5.53 Å². The second kappa shape index (κ2) is 4.17. The van der Waals surface area contributed by atoms with Crippen LogP contribution in [0.1, 0.15) is 6.42 Å². The van der Waals surface area contributed by atoms with Crippen LogP contribution in [0.25, 0.3) is 0 Å². The number of aliphatic hydroxyl groups is 1. The van der Waals surface area contributed by atoms with E-state index >= 15 is 0 Å². The quantitative estimate of drug-likeness (QED) is 0.429. The molecule has 0 saturated carbocycles. The molecular formula is C7H12N4O3. The predicted octanol–water partition coefficient (Wildman–Crippen LogP) is -1.44. The van der Waals surface area contributed by atoms with Crippen molar-refractivity contribution < 1.29 is 15.0 Å². The van der Waals surface area contributed by atoms with E-state index < -0.39 is 11.5 Å². The lowest BCUT2D eigenvalue weighted by Gasteiger charge is -2.24. The molecule has 1 aliphatic rings. The Morgan fingerprint density at radius 1 is 1.79 bits per heavy atom. The normalized spacial score (nSPS) is 25.9. The number of nitrogens with zero attached hydrogens (tertiary/aromatic N) is 3. The molecule has 0 aromatic heterocycles. The molecule has 1 fully saturated rings. The number of carbonyl (C=O) groups excluding carboxylic acids is 1. The van der Waals surface area contributed by atoms with Gasteiger partial charge < -0.3 is 19.9 Å². The minimum absolute atomic E-state index is 0.157. The number of nitrogens with one attached hydrogen (secondary N) is 1. The van der Waals surface area contributed by atoms with E-state index in [0.29, 0.717) is 13.0 Å². The summed E-state index contributed by atoms with van der Waals surface area (Å²) in [5.74, 6) is 0. The standard InChI is InChI=1S/C7H12N4O3/c8-10-9-3-7(5-12)1-2-11(4-7)6(13)14/h8,12H,1-5H2. The summed E-state index contributed by atoms with van der Waals surface area (Å²) in [6, 6.07) is 0. The molecule has 0 bridgehead atoms. The highest BCUT2D eigenvalue weighted by atomic mass is 16.4. The van der Waals surface area contributed by atoms with Gasteiger partial charge in [0.05, 0.1) is 6.61 Å². The highest BCUT2D eigenvalue weighted by Gasteiger charge is 2.39. The maximum Gasteiger partial charge on any atom is 0.214 e. The van der Waals surface area contributed by atoms with E-state index in [-0.39, 0.29) is 19.7 Å². The molecule has 1 rings (SSSR count). The Kier molecular flexibility index (Phi) is 3.16. The van der Waals surface area contributed by atoms with Crippen LogP contribution in [0, 0.1) is 10.9 Å². The van der Waals surface area contributed by atoms with E-state index in [2.05, 4.69) is 10.0 Å². The van der Waals surface area contributed by atoms with Gasteiger partial charge in [-0.15, -0.1) is 0 Å². The first-order valence-electron chi connectivity index (χ1n) is 4.23. The first-order chi connectivity index (χ1) is 6.63. The van der Waals surface area contributed by atoms with Gasteiger partial charge in [-0.25, -0.2) is 0 Å². The molecular weight excluding hydrogens is 188 g/mol. The molecule has 1 heterocycles. The molecule has 1 amide bonds. The highest BCUT2D eigenvalue weighted by molar-refractivity contribution is 5.63. The average Bonchev–Trinajstić information content (AvgIpc) is 2.60. The van der Waals surface area contributed by atoms with Crippen LogP contribution < -0.4 is 10.0 Å². The van der Waals surface area contributed by atoms with Gasteiger partial charge in [0.15, 0.2) is 0 Å². The van der Waals surface area contributed by atoms with Gasteiger partial charge in [-0.1, -0.05) is 0 Å². The molecule has 14 heavy (non-hydrogen) atoms. The van der Waals surface area contributed by atoms with Crippen molar-refractivity contribution in [2.75, 3.05) is 26.2 Å². The molecule has 0 radical (unpaired) electrons. The Bertz CT molecular complexity index is 276. The SMILES string of the molecule is N=[N+]=NCC1(CO)CCN(C(=O)[O-])C1. The topological polar surface area (TPSA) is 114 Å². The molecule has 78 valence electrons. The molecule has 0 aliphatic carbocycles. The van der Waals surface area contributed by atoms with Gasteiger partial charge in [0.2, 0.25) is 4.91 Å². The fraction of sp³-hybridized carbons (Fsp3) is 0.857. The summed E-state index contributed by atoms with van der Waals surface area (Å²) in [4.78, 5) is 14.5. The fourth-order valence-corrected chi connectivity index (χ4v) is 1.58. The zero-order chi connectivity index (χ0) is 10.6. The van der Waals surface area contributed by atoms with Crippen LogP contribution in [0.2, 0.25) is 0 Å². The minimum atomic E-state index is -1.23. The van der Waals surface area contributed by atoms with E-state index in [1.807, 2.05) is 0 Å². The van der Waals surface area contributed by atoms with Crippen LogP contribution in [0.5, 0.6) is 0 Å². The van der Waals surface area contributed by atoms with E-state index in [9.17, 15) is 9.90 Å². The first-order valence-corrected chi connectivity index (χ1v) is 4.23. The number of carboxylic acid groups (broad SMARTS) is 1. The van der Waals surface area contributed by atoms with Gasteiger partial charge in [-0.2, -0.15) is 0 Å². The van der Waals surface area contributed by atoms with E-state index in [1.165, 1.54) is 0 Å². The lowest BCUT2D eigenvalue weighted by molar-refractivity contribution is -0.264. The zero-order valence-electron chi connectivity index (χ0n) is 7.64. The van der Waals surface area contributed by atoms with Crippen LogP contribution in [0.3, 0.4) is 0 Å². The molecule has 0 aromatic carbocycles. The van der Waals surface area contributed by atoms with E-state index in [0.717, 1.165) is 4.90 Å². The molecule has 1 atom stereocenters. The van der Waals surface area contributed by atoms with Crippen molar-refractivity contribution in [1.82, 2.24) is 9.81 Å². The summed E-state index contributed by atoms with van der Waals surface area (Å²) in [6.07, 6.45) is -0.709. The van der Waals surface area contributed by atoms with Crippen LogP contribution in [-0.2, 0) is 0 Å². The van der Waals surface area contributed by atoms with E-state index in [4.69, 9.17) is 10.6 Å². The van der Waals surface area contributed by atoms with Crippen LogP contribution in [-0.4, -0.2) is 42.3 Å². The Hall–Kier alpha value is -1.46. The Morgan fingerprint density at radius 2 is 2.50 bits per heavy atom. The number of rotatable bonds is 3. The zero-order valence-corrected chi connectivity index (χ0v) is 7.64. The van der Waals surface area contributed by atoms with Crippen molar-refractivity contribution in [2.45, 2.75) is 6.42 Å². The van der Waals surface area contributed by atoms with Gasteiger partial charge in [0.25, 0.3) is 0 Å². The van der Waals surface area contributed by atoms with Crippen molar-refractivity contribution in [3.8, 4) is 0 Å². The molecule has 7 nitrogen and oxygen atoms in total. The van der Waals surface area contributed by atoms with Crippen LogP contribution in [0.15, 0.2) is 5.11 Å². The number of hydrogen-bond acceptors (Lipinski definition) is 5. The van der Waals surface area contributed by atoms with Crippen LogP contribution >= 0.6 is 0 Å². The number of amides is 1. The smallest absolute Gasteiger partial charge is 0.214 e. The Balaban J connectivity index is 2.65. The van der Waals surface area contributed by atoms with Crippen molar-refractivity contribution >= 4 is 6.09 Å².